The molecule has 2 aromatic carbocycles. The van der Waals surface area contributed by atoms with Crippen molar-refractivity contribution in [1.29, 1.82) is 0 Å². The minimum absolute atomic E-state index is 0.546. The molecule has 1 aromatic heterocycles. The fourth-order valence-corrected chi connectivity index (χ4v) is 1.95. The molecular weight excluding hydrogens is 252 g/mol. The van der Waals surface area contributed by atoms with Crippen molar-refractivity contribution in [2.75, 3.05) is 0 Å². The van der Waals surface area contributed by atoms with E-state index in [4.69, 9.17) is 4.74 Å². The van der Waals surface area contributed by atoms with Crippen LogP contribution in [0, 0.1) is 0 Å². The first-order valence-corrected chi connectivity index (χ1v) is 6.39. The van der Waals surface area contributed by atoms with Crippen LogP contribution >= 0.6 is 0 Å². The number of benzene rings is 2. The van der Waals surface area contributed by atoms with Gasteiger partial charge in [0.05, 0.1) is 0 Å². The number of ether oxygens (including phenoxy) is 1. The van der Waals surface area contributed by atoms with Gasteiger partial charge in [0.1, 0.15) is 12.4 Å². The summed E-state index contributed by atoms with van der Waals surface area (Å²) in [6, 6.07) is 18.0. The summed E-state index contributed by atoms with van der Waals surface area (Å²) in [7, 11) is 0. The highest BCUT2D eigenvalue weighted by Crippen LogP contribution is 2.21. The third-order valence-corrected chi connectivity index (χ3v) is 2.95. The molecule has 0 bridgehead atoms. The third-order valence-electron chi connectivity index (χ3n) is 2.95. The second-order valence-electron chi connectivity index (χ2n) is 4.39. The fraction of sp³-hybridized carbons (Fsp3) is 0.133. The van der Waals surface area contributed by atoms with Crippen molar-refractivity contribution in [2.24, 2.45) is 0 Å². The maximum atomic E-state index is 5.89. The molecule has 3 aromatic rings. The molecule has 0 saturated carbocycles. The third kappa shape index (κ3) is 3.00. The van der Waals surface area contributed by atoms with Gasteiger partial charge in [0.2, 0.25) is 0 Å². The Kier molecular flexibility index (Phi) is 3.68. The molecule has 0 radical (unpaired) electrons. The lowest BCUT2D eigenvalue weighted by atomic mass is 10.1. The second kappa shape index (κ2) is 5.97. The number of nitrogens with zero attached hydrogens (tertiary/aromatic N) is 3. The average Bonchev–Trinajstić information content (AvgIpc) is 3.00. The largest absolute Gasteiger partial charge is 0.489 e. The van der Waals surface area contributed by atoms with Crippen molar-refractivity contribution in [3.05, 3.63) is 71.5 Å². The van der Waals surface area contributed by atoms with Gasteiger partial charge in [-0.15, -0.1) is 10.2 Å². The van der Waals surface area contributed by atoms with Gasteiger partial charge in [0.15, 0.2) is 5.82 Å². The topological polar surface area (TPSA) is 63.7 Å². The molecule has 100 valence electrons. The number of hydrogen-bond acceptors (Lipinski definition) is 4. The molecule has 1 heterocycles. The first-order chi connectivity index (χ1) is 9.92. The van der Waals surface area contributed by atoms with E-state index in [9.17, 15) is 0 Å². The maximum Gasteiger partial charge on any atom is 0.179 e. The van der Waals surface area contributed by atoms with E-state index in [0.29, 0.717) is 18.9 Å². The molecule has 0 fully saturated rings. The Labute approximate surface area is 116 Å². The molecular formula is C15H14N4O. The van der Waals surface area contributed by atoms with E-state index in [2.05, 4.69) is 20.6 Å². The highest BCUT2D eigenvalue weighted by Gasteiger charge is 2.07. The number of aromatic amines is 1. The highest BCUT2D eigenvalue weighted by atomic mass is 16.5. The zero-order valence-corrected chi connectivity index (χ0v) is 10.9. The number of para-hydroxylation sites is 1. The van der Waals surface area contributed by atoms with Crippen molar-refractivity contribution < 1.29 is 4.74 Å². The van der Waals surface area contributed by atoms with Crippen LogP contribution in [-0.4, -0.2) is 20.6 Å². The van der Waals surface area contributed by atoms with E-state index in [1.807, 2.05) is 54.6 Å². The van der Waals surface area contributed by atoms with Gasteiger partial charge in [0.25, 0.3) is 0 Å². The van der Waals surface area contributed by atoms with Gasteiger partial charge < -0.3 is 4.74 Å². The quantitative estimate of drug-likeness (QED) is 0.770. The van der Waals surface area contributed by atoms with Crippen LogP contribution in [-0.2, 0) is 13.0 Å². The molecule has 0 aliphatic heterocycles. The molecule has 0 amide bonds. The van der Waals surface area contributed by atoms with Gasteiger partial charge in [-0.05, 0) is 11.6 Å². The predicted molar refractivity (Wildman–Crippen MR) is 74.2 cm³/mol. The van der Waals surface area contributed by atoms with Gasteiger partial charge >= 0.3 is 0 Å². The summed E-state index contributed by atoms with van der Waals surface area (Å²) in [5.74, 6) is 1.50. The number of H-pyrrole nitrogens is 1. The van der Waals surface area contributed by atoms with Crippen LogP contribution in [0.25, 0.3) is 0 Å². The lowest BCUT2D eigenvalue weighted by molar-refractivity contribution is 0.303. The van der Waals surface area contributed by atoms with Crippen LogP contribution in [0.1, 0.15) is 17.0 Å². The van der Waals surface area contributed by atoms with Crippen LogP contribution < -0.4 is 4.74 Å². The van der Waals surface area contributed by atoms with Crippen LogP contribution in [0.5, 0.6) is 5.75 Å². The normalized spacial score (nSPS) is 10.4. The summed E-state index contributed by atoms with van der Waals surface area (Å²) in [6.07, 6.45) is 0.599. The summed E-state index contributed by atoms with van der Waals surface area (Å²) in [5, 5.41) is 14.0. The lowest BCUT2D eigenvalue weighted by Crippen LogP contribution is -2.00. The fourth-order valence-electron chi connectivity index (χ4n) is 1.95. The van der Waals surface area contributed by atoms with Crippen molar-refractivity contribution in [3.63, 3.8) is 0 Å². The Morgan fingerprint density at radius 1 is 0.950 bits per heavy atom. The van der Waals surface area contributed by atoms with Crippen molar-refractivity contribution in [1.82, 2.24) is 20.6 Å². The van der Waals surface area contributed by atoms with Crippen LogP contribution in [0.15, 0.2) is 54.6 Å². The standard InChI is InChI=1S/C15H14N4O/c1-2-6-12(7-3-1)11-20-14-9-5-4-8-13(14)10-15-16-18-19-17-15/h1-9H,10-11H2,(H,16,17,18,19). The Balaban J connectivity index is 1.73. The Bertz CT molecular complexity index is 653. The molecule has 5 heteroatoms. The Morgan fingerprint density at radius 2 is 1.75 bits per heavy atom. The molecule has 0 aliphatic carbocycles. The maximum absolute atomic E-state index is 5.89. The molecule has 1 N–H and O–H groups in total. The van der Waals surface area contributed by atoms with Crippen molar-refractivity contribution in [3.8, 4) is 5.75 Å². The molecule has 0 unspecified atom stereocenters. The Hall–Kier alpha value is -2.69. The summed E-state index contributed by atoms with van der Waals surface area (Å²) in [5.41, 5.74) is 2.19. The monoisotopic (exact) mass is 266 g/mol. The molecule has 20 heavy (non-hydrogen) atoms. The van der Waals surface area contributed by atoms with E-state index in [1.165, 1.54) is 0 Å². The van der Waals surface area contributed by atoms with Crippen molar-refractivity contribution in [2.45, 2.75) is 13.0 Å². The van der Waals surface area contributed by atoms with Gasteiger partial charge in [-0.2, -0.15) is 5.21 Å². The number of nitrogens with one attached hydrogen (secondary N) is 1. The van der Waals surface area contributed by atoms with Crippen LogP contribution in [0.3, 0.4) is 0 Å². The summed E-state index contributed by atoms with van der Waals surface area (Å²) in [4.78, 5) is 0. The van der Waals surface area contributed by atoms with Gasteiger partial charge in [-0.3, -0.25) is 0 Å². The molecule has 0 aliphatic rings. The Morgan fingerprint density at radius 3 is 2.55 bits per heavy atom. The number of aromatic nitrogens is 4. The lowest BCUT2D eigenvalue weighted by Gasteiger charge is -2.10. The van der Waals surface area contributed by atoms with Crippen LogP contribution in [0.4, 0.5) is 0 Å². The average molecular weight is 266 g/mol. The predicted octanol–water partition coefficient (Wildman–Crippen LogP) is 2.37. The van der Waals surface area contributed by atoms with Gasteiger partial charge in [-0.1, -0.05) is 53.7 Å². The number of tetrazole rings is 1. The van der Waals surface area contributed by atoms with Gasteiger partial charge in [-0.25, -0.2) is 0 Å². The summed E-state index contributed by atoms with van der Waals surface area (Å²) < 4.78 is 5.89. The van der Waals surface area contributed by atoms with Crippen molar-refractivity contribution >= 4 is 0 Å². The molecule has 0 atom stereocenters. The van der Waals surface area contributed by atoms with E-state index < -0.39 is 0 Å². The zero-order chi connectivity index (χ0) is 13.6. The SMILES string of the molecule is c1ccc(COc2ccccc2Cc2nn[nH]n2)cc1. The molecule has 3 rings (SSSR count). The minimum atomic E-state index is 0.546. The number of hydrogen-bond donors (Lipinski definition) is 1. The first-order valence-electron chi connectivity index (χ1n) is 6.39. The zero-order valence-electron chi connectivity index (χ0n) is 10.9. The smallest absolute Gasteiger partial charge is 0.179 e. The minimum Gasteiger partial charge on any atom is -0.489 e. The summed E-state index contributed by atoms with van der Waals surface area (Å²) in [6.45, 7) is 0.546. The van der Waals surface area contributed by atoms with Crippen LogP contribution in [0.2, 0.25) is 0 Å². The highest BCUT2D eigenvalue weighted by molar-refractivity contribution is 5.35. The van der Waals surface area contributed by atoms with E-state index in [-0.39, 0.29) is 0 Å². The number of rotatable bonds is 5. The first kappa shape index (κ1) is 12.3. The van der Waals surface area contributed by atoms with E-state index in [0.717, 1.165) is 16.9 Å². The molecule has 0 saturated heterocycles. The summed E-state index contributed by atoms with van der Waals surface area (Å²) >= 11 is 0. The molecule has 5 nitrogen and oxygen atoms in total. The van der Waals surface area contributed by atoms with Gasteiger partial charge in [0, 0.05) is 12.0 Å². The molecule has 0 spiro atoms. The second-order valence-corrected chi connectivity index (χ2v) is 4.39. The van der Waals surface area contributed by atoms with E-state index >= 15 is 0 Å². The van der Waals surface area contributed by atoms with E-state index in [1.54, 1.807) is 0 Å².